The summed E-state index contributed by atoms with van der Waals surface area (Å²) in [5.41, 5.74) is 1.79. The molecule has 5 rings (SSSR count). The van der Waals surface area contributed by atoms with Crippen LogP contribution in [0.2, 0.25) is 0 Å². The summed E-state index contributed by atoms with van der Waals surface area (Å²) in [6, 6.07) is 9.65. The number of aromatic nitrogens is 2. The summed E-state index contributed by atoms with van der Waals surface area (Å²) in [6.45, 7) is 8.37. The Kier molecular flexibility index (Phi) is 6.86. The van der Waals surface area contributed by atoms with Gasteiger partial charge in [-0.3, -0.25) is 9.59 Å². The van der Waals surface area contributed by atoms with Gasteiger partial charge in [-0.1, -0.05) is 6.07 Å². The van der Waals surface area contributed by atoms with E-state index in [0.29, 0.717) is 45.3 Å². The number of hydrogen-bond donors (Lipinski definition) is 0. The molecule has 0 aliphatic carbocycles. The second kappa shape index (κ2) is 10.2. The third-order valence-electron chi connectivity index (χ3n) is 6.82. The van der Waals surface area contributed by atoms with E-state index in [1.807, 2.05) is 59.4 Å². The van der Waals surface area contributed by atoms with Gasteiger partial charge in [-0.25, -0.2) is 9.97 Å². The average Bonchev–Trinajstić information content (AvgIpc) is 3.44. The predicted octanol–water partition coefficient (Wildman–Crippen LogP) is 3.60. The van der Waals surface area contributed by atoms with Crippen LogP contribution in [0, 0.1) is 12.8 Å². The van der Waals surface area contributed by atoms with Gasteiger partial charge in [-0.2, -0.15) is 0 Å². The van der Waals surface area contributed by atoms with Crippen molar-refractivity contribution >= 4 is 40.0 Å². The monoisotopic (exact) mass is 493 g/mol. The van der Waals surface area contributed by atoms with Crippen molar-refractivity contribution in [1.82, 2.24) is 19.8 Å². The first-order chi connectivity index (χ1) is 17.0. The third kappa shape index (κ3) is 4.96. The number of nitrogens with zero attached hydrogens (tertiary/aromatic N) is 5. The summed E-state index contributed by atoms with van der Waals surface area (Å²) in [4.78, 5) is 42.2. The second-order valence-electron chi connectivity index (χ2n) is 9.10. The van der Waals surface area contributed by atoms with Crippen LogP contribution in [0.5, 0.6) is 5.75 Å². The van der Waals surface area contributed by atoms with Crippen molar-refractivity contribution in [1.29, 1.82) is 0 Å². The van der Waals surface area contributed by atoms with Gasteiger partial charge < -0.3 is 19.4 Å². The number of benzene rings is 1. The van der Waals surface area contributed by atoms with Gasteiger partial charge in [0.05, 0.1) is 28.6 Å². The lowest BCUT2D eigenvalue weighted by molar-refractivity contribution is -0.137. The van der Waals surface area contributed by atoms with E-state index in [1.54, 1.807) is 0 Å². The highest BCUT2D eigenvalue weighted by Crippen LogP contribution is 2.27. The number of rotatable bonds is 5. The minimum absolute atomic E-state index is 0.0631. The topological polar surface area (TPSA) is 78.9 Å². The maximum absolute atomic E-state index is 13.4. The van der Waals surface area contributed by atoms with Crippen molar-refractivity contribution in [3.8, 4) is 5.75 Å². The molecule has 3 aromatic rings. The van der Waals surface area contributed by atoms with Crippen molar-refractivity contribution in [2.24, 2.45) is 5.92 Å². The fraction of sp³-hybridized carbons (Fsp3) is 0.462. The number of fused-ring (bicyclic) bond motifs is 1. The Labute approximate surface area is 209 Å². The van der Waals surface area contributed by atoms with E-state index < -0.39 is 0 Å². The van der Waals surface area contributed by atoms with Crippen LogP contribution in [-0.4, -0.2) is 77.5 Å². The fourth-order valence-corrected chi connectivity index (χ4v) is 5.64. The fourth-order valence-electron chi connectivity index (χ4n) is 4.95. The zero-order valence-electron chi connectivity index (χ0n) is 20.3. The predicted molar refractivity (Wildman–Crippen MR) is 137 cm³/mol. The van der Waals surface area contributed by atoms with Crippen molar-refractivity contribution in [2.75, 3.05) is 50.8 Å². The van der Waals surface area contributed by atoms with Crippen LogP contribution in [0.3, 0.4) is 0 Å². The van der Waals surface area contributed by atoms with E-state index in [9.17, 15) is 9.59 Å². The van der Waals surface area contributed by atoms with Crippen molar-refractivity contribution in [3.63, 3.8) is 0 Å². The molecule has 0 spiro atoms. The van der Waals surface area contributed by atoms with Crippen LogP contribution in [0.4, 0.5) is 5.95 Å². The lowest BCUT2D eigenvalue weighted by Crippen LogP contribution is -2.53. The molecule has 2 fully saturated rings. The van der Waals surface area contributed by atoms with Crippen LogP contribution in [-0.2, 0) is 4.79 Å². The molecule has 9 heteroatoms. The van der Waals surface area contributed by atoms with E-state index in [4.69, 9.17) is 14.7 Å². The van der Waals surface area contributed by atoms with Crippen LogP contribution in [0.15, 0.2) is 35.7 Å². The van der Waals surface area contributed by atoms with E-state index >= 15 is 0 Å². The number of amides is 2. The summed E-state index contributed by atoms with van der Waals surface area (Å²) in [6.07, 6.45) is 1.80. The largest absolute Gasteiger partial charge is 0.494 e. The van der Waals surface area contributed by atoms with Crippen LogP contribution in [0.1, 0.15) is 35.1 Å². The Hall–Kier alpha value is -3.20. The van der Waals surface area contributed by atoms with Crippen molar-refractivity contribution < 1.29 is 14.3 Å². The molecule has 0 unspecified atom stereocenters. The molecule has 184 valence electrons. The number of carbonyl (C=O) groups excluding carboxylic acids is 2. The van der Waals surface area contributed by atoms with Gasteiger partial charge in [0, 0.05) is 44.7 Å². The molecule has 0 bridgehead atoms. The van der Waals surface area contributed by atoms with E-state index in [2.05, 4.69) is 4.90 Å². The summed E-state index contributed by atoms with van der Waals surface area (Å²) in [7, 11) is 0. The number of thiophene rings is 1. The second-order valence-corrected chi connectivity index (χ2v) is 10.0. The first-order valence-corrected chi connectivity index (χ1v) is 13.2. The number of piperazine rings is 1. The maximum Gasteiger partial charge on any atom is 0.264 e. The smallest absolute Gasteiger partial charge is 0.264 e. The standard InChI is InChI=1S/C26H31N5O3S/c1-3-34-20-8-9-22-21(16-20)18(2)27-26(28-22)31-10-4-6-19(17-31)24(32)29-11-13-30(14-12-29)25(33)23-7-5-15-35-23/h5,7-9,15-16,19H,3-4,6,10-14,17H2,1-2H3/t19-/m0/s1. The zero-order chi connectivity index (χ0) is 24.4. The van der Waals surface area contributed by atoms with E-state index in [-0.39, 0.29) is 17.7 Å². The average molecular weight is 494 g/mol. The highest BCUT2D eigenvalue weighted by atomic mass is 32.1. The Balaban J connectivity index is 1.23. The molecule has 1 aromatic carbocycles. The Morgan fingerprint density at radius 2 is 1.89 bits per heavy atom. The van der Waals surface area contributed by atoms with Gasteiger partial charge in [0.2, 0.25) is 11.9 Å². The van der Waals surface area contributed by atoms with Crippen molar-refractivity contribution in [3.05, 3.63) is 46.3 Å². The molecular formula is C26H31N5O3S. The molecule has 8 nitrogen and oxygen atoms in total. The highest BCUT2D eigenvalue weighted by molar-refractivity contribution is 7.12. The summed E-state index contributed by atoms with van der Waals surface area (Å²) in [5, 5.41) is 2.90. The van der Waals surface area contributed by atoms with Crippen LogP contribution in [0.25, 0.3) is 10.9 Å². The van der Waals surface area contributed by atoms with Crippen LogP contribution >= 0.6 is 11.3 Å². The van der Waals surface area contributed by atoms with Gasteiger partial charge in [0.15, 0.2) is 0 Å². The number of ether oxygens (including phenoxy) is 1. The van der Waals surface area contributed by atoms with E-state index in [0.717, 1.165) is 46.6 Å². The quantitative estimate of drug-likeness (QED) is 0.541. The first-order valence-electron chi connectivity index (χ1n) is 12.3. The Morgan fingerprint density at radius 1 is 1.09 bits per heavy atom. The summed E-state index contributed by atoms with van der Waals surface area (Å²) >= 11 is 1.46. The molecule has 2 aliphatic rings. The molecule has 4 heterocycles. The molecule has 0 N–H and O–H groups in total. The number of piperidine rings is 1. The number of carbonyl (C=O) groups is 2. The molecule has 2 aliphatic heterocycles. The van der Waals surface area contributed by atoms with Gasteiger partial charge in [-0.15, -0.1) is 11.3 Å². The van der Waals surface area contributed by atoms with Crippen molar-refractivity contribution in [2.45, 2.75) is 26.7 Å². The highest BCUT2D eigenvalue weighted by Gasteiger charge is 2.33. The van der Waals surface area contributed by atoms with Gasteiger partial charge in [-0.05, 0) is 56.3 Å². The molecule has 0 saturated carbocycles. The molecular weight excluding hydrogens is 462 g/mol. The molecule has 1 atom stereocenters. The lowest BCUT2D eigenvalue weighted by atomic mass is 9.96. The molecule has 35 heavy (non-hydrogen) atoms. The van der Waals surface area contributed by atoms with Gasteiger partial charge in [0.1, 0.15) is 5.75 Å². The molecule has 2 aromatic heterocycles. The Morgan fingerprint density at radius 3 is 2.63 bits per heavy atom. The minimum atomic E-state index is -0.0803. The zero-order valence-corrected chi connectivity index (χ0v) is 21.1. The van der Waals surface area contributed by atoms with Gasteiger partial charge >= 0.3 is 0 Å². The van der Waals surface area contributed by atoms with Gasteiger partial charge in [0.25, 0.3) is 5.91 Å². The number of hydrogen-bond acceptors (Lipinski definition) is 7. The van der Waals surface area contributed by atoms with Crippen LogP contribution < -0.4 is 9.64 Å². The summed E-state index contributed by atoms with van der Waals surface area (Å²) in [5.74, 6) is 1.66. The molecule has 0 radical (unpaired) electrons. The normalized spacial score (nSPS) is 18.7. The maximum atomic E-state index is 13.4. The first kappa shape index (κ1) is 23.5. The summed E-state index contributed by atoms with van der Waals surface area (Å²) < 4.78 is 5.62. The van der Waals surface area contributed by atoms with E-state index in [1.165, 1.54) is 11.3 Å². The Bertz CT molecular complexity index is 1210. The number of anilines is 1. The molecule has 2 amide bonds. The third-order valence-corrected chi connectivity index (χ3v) is 7.68. The molecule has 2 saturated heterocycles. The minimum Gasteiger partial charge on any atom is -0.494 e. The lowest BCUT2D eigenvalue weighted by Gasteiger charge is -2.39. The SMILES string of the molecule is CCOc1ccc2nc(N3CCC[C@H](C(=O)N4CCN(C(=O)c5cccs5)CC4)C3)nc(C)c2c1. The number of aryl methyl sites for hydroxylation is 1.